The molecular formula is C10H17N3O. The molecule has 1 heterocycles. The van der Waals surface area contributed by atoms with Gasteiger partial charge in [-0.3, -0.25) is 4.98 Å². The van der Waals surface area contributed by atoms with E-state index in [9.17, 15) is 0 Å². The fraction of sp³-hybridized carbons (Fsp3) is 0.500. The topological polar surface area (TPSA) is 74.2 Å². The highest BCUT2D eigenvalue weighted by Gasteiger charge is 2.08. The van der Waals surface area contributed by atoms with Crippen LogP contribution < -0.4 is 11.5 Å². The Hall–Kier alpha value is -1.13. The molecule has 0 bridgehead atoms. The first-order valence-corrected chi connectivity index (χ1v) is 4.69. The van der Waals surface area contributed by atoms with Crippen molar-refractivity contribution in [1.82, 2.24) is 4.98 Å². The Bertz CT molecular complexity index is 278. The van der Waals surface area contributed by atoms with Crippen molar-refractivity contribution in [2.45, 2.75) is 18.9 Å². The van der Waals surface area contributed by atoms with Crippen molar-refractivity contribution in [1.29, 1.82) is 0 Å². The van der Waals surface area contributed by atoms with Crippen molar-refractivity contribution in [3.05, 3.63) is 24.0 Å². The number of hydrogen-bond donors (Lipinski definition) is 2. The van der Waals surface area contributed by atoms with Gasteiger partial charge in [-0.1, -0.05) is 0 Å². The van der Waals surface area contributed by atoms with Crippen LogP contribution in [0.15, 0.2) is 18.5 Å². The van der Waals surface area contributed by atoms with E-state index in [-0.39, 0.29) is 6.04 Å². The van der Waals surface area contributed by atoms with E-state index in [0.717, 1.165) is 25.0 Å². The quantitative estimate of drug-likeness (QED) is 0.690. The van der Waals surface area contributed by atoms with Gasteiger partial charge in [0.15, 0.2) is 0 Å². The molecule has 0 fully saturated rings. The van der Waals surface area contributed by atoms with Crippen molar-refractivity contribution < 1.29 is 4.74 Å². The second-order valence-electron chi connectivity index (χ2n) is 3.25. The van der Waals surface area contributed by atoms with Gasteiger partial charge in [-0.05, 0) is 18.9 Å². The molecule has 1 atom stereocenters. The van der Waals surface area contributed by atoms with E-state index in [1.54, 1.807) is 25.6 Å². The standard InChI is InChI=1S/C10H17N3O/c1-14-6-2-3-9(11)8-7-13-5-4-10(8)12/h4-5,7,9H,2-3,6,11H2,1H3,(H2,12,13). The maximum atomic E-state index is 5.96. The Labute approximate surface area is 84.3 Å². The zero-order chi connectivity index (χ0) is 10.4. The monoisotopic (exact) mass is 195 g/mol. The van der Waals surface area contributed by atoms with Gasteiger partial charge >= 0.3 is 0 Å². The maximum Gasteiger partial charge on any atom is 0.0462 e. The highest BCUT2D eigenvalue weighted by molar-refractivity contribution is 5.45. The van der Waals surface area contributed by atoms with Crippen LogP contribution in [0.2, 0.25) is 0 Å². The minimum atomic E-state index is -0.0427. The fourth-order valence-electron chi connectivity index (χ4n) is 1.33. The summed E-state index contributed by atoms with van der Waals surface area (Å²) in [5, 5.41) is 0. The summed E-state index contributed by atoms with van der Waals surface area (Å²) in [6, 6.07) is 1.73. The predicted octanol–water partition coefficient (Wildman–Crippen LogP) is 1.09. The van der Waals surface area contributed by atoms with Gasteiger partial charge < -0.3 is 16.2 Å². The minimum Gasteiger partial charge on any atom is -0.398 e. The van der Waals surface area contributed by atoms with E-state index < -0.39 is 0 Å². The third-order valence-electron chi connectivity index (χ3n) is 2.15. The molecule has 0 aliphatic heterocycles. The number of methoxy groups -OCH3 is 1. The van der Waals surface area contributed by atoms with Crippen LogP contribution in [0.3, 0.4) is 0 Å². The normalized spacial score (nSPS) is 12.7. The van der Waals surface area contributed by atoms with Crippen molar-refractivity contribution in [2.75, 3.05) is 19.5 Å². The number of ether oxygens (including phenoxy) is 1. The first-order chi connectivity index (χ1) is 6.75. The van der Waals surface area contributed by atoms with Gasteiger partial charge in [0.25, 0.3) is 0 Å². The average Bonchev–Trinajstić information content (AvgIpc) is 2.18. The van der Waals surface area contributed by atoms with Gasteiger partial charge in [0.1, 0.15) is 0 Å². The first-order valence-electron chi connectivity index (χ1n) is 4.69. The Morgan fingerprint density at radius 2 is 2.36 bits per heavy atom. The summed E-state index contributed by atoms with van der Waals surface area (Å²) in [6.45, 7) is 0.730. The molecule has 0 spiro atoms. The van der Waals surface area contributed by atoms with E-state index in [1.807, 2.05) is 0 Å². The molecule has 1 aromatic heterocycles. The Balaban J connectivity index is 2.51. The summed E-state index contributed by atoms with van der Waals surface area (Å²) >= 11 is 0. The zero-order valence-electron chi connectivity index (χ0n) is 8.44. The fourth-order valence-corrected chi connectivity index (χ4v) is 1.33. The summed E-state index contributed by atoms with van der Waals surface area (Å²) in [5.74, 6) is 0. The maximum absolute atomic E-state index is 5.96. The molecule has 78 valence electrons. The number of pyridine rings is 1. The van der Waals surface area contributed by atoms with Crippen LogP contribution in [0.25, 0.3) is 0 Å². The highest BCUT2D eigenvalue weighted by Crippen LogP contribution is 2.20. The molecule has 4 heteroatoms. The number of rotatable bonds is 5. The van der Waals surface area contributed by atoms with Crippen LogP contribution in [-0.2, 0) is 4.74 Å². The Morgan fingerprint density at radius 3 is 3.00 bits per heavy atom. The summed E-state index contributed by atoms with van der Waals surface area (Å²) in [5.41, 5.74) is 13.4. The largest absolute Gasteiger partial charge is 0.398 e. The molecule has 0 saturated heterocycles. The lowest BCUT2D eigenvalue weighted by molar-refractivity contribution is 0.190. The first kappa shape index (κ1) is 10.9. The van der Waals surface area contributed by atoms with Gasteiger partial charge in [0.05, 0.1) is 0 Å². The SMILES string of the molecule is COCCCC(N)c1cnccc1N. The molecule has 0 radical (unpaired) electrons. The lowest BCUT2D eigenvalue weighted by Crippen LogP contribution is -2.13. The van der Waals surface area contributed by atoms with Crippen LogP contribution in [0, 0.1) is 0 Å². The third kappa shape index (κ3) is 2.97. The van der Waals surface area contributed by atoms with E-state index >= 15 is 0 Å². The predicted molar refractivity (Wildman–Crippen MR) is 56.7 cm³/mol. The summed E-state index contributed by atoms with van der Waals surface area (Å²) in [7, 11) is 1.68. The Kier molecular flexibility index (Phi) is 4.35. The van der Waals surface area contributed by atoms with Gasteiger partial charge in [-0.15, -0.1) is 0 Å². The summed E-state index contributed by atoms with van der Waals surface area (Å²) in [4.78, 5) is 4.00. The van der Waals surface area contributed by atoms with Crippen LogP contribution in [0.4, 0.5) is 5.69 Å². The number of hydrogen-bond acceptors (Lipinski definition) is 4. The van der Waals surface area contributed by atoms with Crippen molar-refractivity contribution in [3.8, 4) is 0 Å². The summed E-state index contributed by atoms with van der Waals surface area (Å²) in [6.07, 6.45) is 5.20. The van der Waals surface area contributed by atoms with Crippen LogP contribution in [-0.4, -0.2) is 18.7 Å². The van der Waals surface area contributed by atoms with Gasteiger partial charge in [-0.2, -0.15) is 0 Å². The number of nitrogens with zero attached hydrogens (tertiary/aromatic N) is 1. The molecule has 0 amide bonds. The van der Waals surface area contributed by atoms with Crippen LogP contribution in [0.5, 0.6) is 0 Å². The smallest absolute Gasteiger partial charge is 0.0462 e. The van der Waals surface area contributed by atoms with Gasteiger partial charge in [0, 0.05) is 43.4 Å². The molecule has 4 nitrogen and oxygen atoms in total. The molecular weight excluding hydrogens is 178 g/mol. The van der Waals surface area contributed by atoms with Crippen molar-refractivity contribution in [2.24, 2.45) is 5.73 Å². The molecule has 0 aliphatic rings. The van der Waals surface area contributed by atoms with E-state index in [2.05, 4.69) is 4.98 Å². The van der Waals surface area contributed by atoms with E-state index in [1.165, 1.54) is 0 Å². The second-order valence-corrected chi connectivity index (χ2v) is 3.25. The molecule has 0 aromatic carbocycles. The molecule has 4 N–H and O–H groups in total. The Morgan fingerprint density at radius 1 is 1.57 bits per heavy atom. The average molecular weight is 195 g/mol. The molecule has 1 unspecified atom stereocenters. The van der Waals surface area contributed by atoms with Crippen LogP contribution in [0.1, 0.15) is 24.4 Å². The third-order valence-corrected chi connectivity index (χ3v) is 2.15. The van der Waals surface area contributed by atoms with E-state index in [4.69, 9.17) is 16.2 Å². The van der Waals surface area contributed by atoms with Crippen LogP contribution >= 0.6 is 0 Å². The highest BCUT2D eigenvalue weighted by atomic mass is 16.5. The van der Waals surface area contributed by atoms with Gasteiger partial charge in [-0.25, -0.2) is 0 Å². The number of anilines is 1. The lowest BCUT2D eigenvalue weighted by Gasteiger charge is -2.13. The minimum absolute atomic E-state index is 0.0427. The molecule has 1 aromatic rings. The van der Waals surface area contributed by atoms with Gasteiger partial charge in [0.2, 0.25) is 0 Å². The molecule has 0 saturated carbocycles. The number of aromatic nitrogens is 1. The number of nitrogens with two attached hydrogens (primary N) is 2. The molecule has 1 rings (SSSR count). The second kappa shape index (κ2) is 5.57. The summed E-state index contributed by atoms with van der Waals surface area (Å²) < 4.78 is 4.96. The van der Waals surface area contributed by atoms with E-state index in [0.29, 0.717) is 5.69 Å². The lowest BCUT2D eigenvalue weighted by atomic mass is 10.0. The molecule has 0 aliphatic carbocycles. The van der Waals surface area contributed by atoms with Crippen molar-refractivity contribution >= 4 is 5.69 Å². The van der Waals surface area contributed by atoms with Crippen molar-refractivity contribution in [3.63, 3.8) is 0 Å². The molecule has 14 heavy (non-hydrogen) atoms. The number of nitrogen functional groups attached to an aromatic ring is 1. The zero-order valence-corrected chi connectivity index (χ0v) is 8.44.